The van der Waals surface area contributed by atoms with Gasteiger partial charge in [-0.15, -0.1) is 5.10 Å². The van der Waals surface area contributed by atoms with E-state index in [0.29, 0.717) is 30.0 Å². The molecule has 0 spiro atoms. The molecule has 10 nitrogen and oxygen atoms in total. The molecule has 0 aliphatic heterocycles. The lowest BCUT2D eigenvalue weighted by molar-refractivity contribution is -0.121. The van der Waals surface area contributed by atoms with Crippen LogP contribution in [0.15, 0.2) is 23.0 Å². The maximum Gasteiger partial charge on any atom is 0.298 e. The topological polar surface area (TPSA) is 113 Å². The van der Waals surface area contributed by atoms with E-state index in [2.05, 4.69) is 20.7 Å². The van der Waals surface area contributed by atoms with Crippen molar-refractivity contribution in [2.75, 3.05) is 20.8 Å². The SMILES string of the molecule is COc1ccc(CCNC(=O)Cn2nnc3c(C)n(C)nc3c2=O)cc1OC. The van der Waals surface area contributed by atoms with Gasteiger partial charge in [0.05, 0.1) is 19.9 Å². The predicted molar refractivity (Wildman–Crippen MR) is 102 cm³/mol. The third-order valence-electron chi connectivity index (χ3n) is 4.47. The van der Waals surface area contributed by atoms with Crippen LogP contribution in [0.4, 0.5) is 0 Å². The Morgan fingerprint density at radius 1 is 1.18 bits per heavy atom. The van der Waals surface area contributed by atoms with Crippen molar-refractivity contribution in [3.63, 3.8) is 0 Å². The minimum Gasteiger partial charge on any atom is -0.493 e. The van der Waals surface area contributed by atoms with Crippen LogP contribution in [-0.2, 0) is 24.8 Å². The molecule has 2 heterocycles. The quantitative estimate of drug-likeness (QED) is 0.617. The van der Waals surface area contributed by atoms with Gasteiger partial charge in [0.25, 0.3) is 5.56 Å². The largest absolute Gasteiger partial charge is 0.493 e. The first-order valence-electron chi connectivity index (χ1n) is 8.69. The van der Waals surface area contributed by atoms with Crippen molar-refractivity contribution in [3.05, 3.63) is 39.8 Å². The fraction of sp³-hybridized carbons (Fsp3) is 0.389. The second kappa shape index (κ2) is 8.07. The number of ether oxygens (including phenoxy) is 2. The Balaban J connectivity index is 1.61. The summed E-state index contributed by atoms with van der Waals surface area (Å²) in [5.41, 5.74) is 1.93. The molecule has 0 fully saturated rings. The Morgan fingerprint density at radius 3 is 2.64 bits per heavy atom. The molecule has 148 valence electrons. The third-order valence-corrected chi connectivity index (χ3v) is 4.47. The Bertz CT molecular complexity index is 1070. The van der Waals surface area contributed by atoms with Crippen molar-refractivity contribution in [3.8, 4) is 11.5 Å². The number of nitrogens with one attached hydrogen (secondary N) is 1. The fourth-order valence-corrected chi connectivity index (χ4v) is 2.80. The number of aromatic nitrogens is 5. The van der Waals surface area contributed by atoms with Crippen LogP contribution >= 0.6 is 0 Å². The molecule has 1 amide bonds. The van der Waals surface area contributed by atoms with E-state index in [1.165, 1.54) is 0 Å². The molecule has 1 N–H and O–H groups in total. The van der Waals surface area contributed by atoms with E-state index in [1.54, 1.807) is 32.9 Å². The molecule has 0 aliphatic carbocycles. The molecule has 3 aromatic rings. The van der Waals surface area contributed by atoms with Gasteiger partial charge in [-0.3, -0.25) is 14.3 Å². The molecule has 0 bridgehead atoms. The monoisotopic (exact) mass is 386 g/mol. The van der Waals surface area contributed by atoms with Crippen LogP contribution in [0.5, 0.6) is 11.5 Å². The van der Waals surface area contributed by atoms with Gasteiger partial charge < -0.3 is 14.8 Å². The standard InChI is InChI=1S/C18H22N6O4/c1-11-16-17(21-23(11)2)18(26)24(22-20-16)10-15(25)19-8-7-12-5-6-13(27-3)14(9-12)28-4/h5-6,9H,7-8,10H2,1-4H3,(H,19,25). The molecule has 2 aromatic heterocycles. The van der Waals surface area contributed by atoms with E-state index in [4.69, 9.17) is 9.47 Å². The average Bonchev–Trinajstić information content (AvgIpc) is 2.99. The van der Waals surface area contributed by atoms with Gasteiger partial charge in [0.2, 0.25) is 5.91 Å². The minimum absolute atomic E-state index is 0.202. The van der Waals surface area contributed by atoms with Crippen molar-refractivity contribution in [2.24, 2.45) is 7.05 Å². The number of amides is 1. The smallest absolute Gasteiger partial charge is 0.298 e. The van der Waals surface area contributed by atoms with Crippen molar-refractivity contribution < 1.29 is 14.3 Å². The number of methoxy groups -OCH3 is 2. The summed E-state index contributed by atoms with van der Waals surface area (Å²) in [5.74, 6) is 0.948. The first-order valence-corrected chi connectivity index (χ1v) is 8.69. The van der Waals surface area contributed by atoms with Gasteiger partial charge in [-0.2, -0.15) is 9.78 Å². The second-order valence-corrected chi connectivity index (χ2v) is 6.25. The maximum absolute atomic E-state index is 12.4. The summed E-state index contributed by atoms with van der Waals surface area (Å²) in [6.45, 7) is 1.99. The highest BCUT2D eigenvalue weighted by Crippen LogP contribution is 2.27. The molecular weight excluding hydrogens is 364 g/mol. The normalized spacial score (nSPS) is 10.9. The molecule has 0 atom stereocenters. The first kappa shape index (κ1) is 19.3. The zero-order chi connectivity index (χ0) is 20.3. The number of nitrogens with zero attached hydrogens (tertiary/aromatic N) is 5. The van der Waals surface area contributed by atoms with E-state index in [9.17, 15) is 9.59 Å². The van der Waals surface area contributed by atoms with E-state index in [-0.39, 0.29) is 18.0 Å². The van der Waals surface area contributed by atoms with Crippen LogP contribution in [0, 0.1) is 6.92 Å². The van der Waals surface area contributed by atoms with E-state index < -0.39 is 5.56 Å². The molecule has 0 radical (unpaired) electrons. The van der Waals surface area contributed by atoms with Crippen LogP contribution < -0.4 is 20.3 Å². The van der Waals surface area contributed by atoms with Gasteiger partial charge in [0.1, 0.15) is 12.1 Å². The molecule has 0 saturated carbocycles. The van der Waals surface area contributed by atoms with Gasteiger partial charge >= 0.3 is 0 Å². The number of hydrogen-bond acceptors (Lipinski definition) is 7. The summed E-state index contributed by atoms with van der Waals surface area (Å²) >= 11 is 0. The molecule has 1 aromatic carbocycles. The van der Waals surface area contributed by atoms with E-state index in [1.807, 2.05) is 18.2 Å². The molecular formula is C18H22N6O4. The van der Waals surface area contributed by atoms with E-state index >= 15 is 0 Å². The van der Waals surface area contributed by atoms with Gasteiger partial charge in [-0.1, -0.05) is 11.3 Å². The molecule has 0 unspecified atom stereocenters. The average molecular weight is 386 g/mol. The van der Waals surface area contributed by atoms with Crippen LogP contribution in [0.2, 0.25) is 0 Å². The first-order chi connectivity index (χ1) is 13.4. The Labute approximate surface area is 161 Å². The summed E-state index contributed by atoms with van der Waals surface area (Å²) in [6.07, 6.45) is 0.602. The molecule has 28 heavy (non-hydrogen) atoms. The molecule has 0 aliphatic rings. The number of hydrogen-bond donors (Lipinski definition) is 1. The van der Waals surface area contributed by atoms with Crippen LogP contribution in [0.3, 0.4) is 0 Å². The number of benzene rings is 1. The Kier molecular flexibility index (Phi) is 5.57. The summed E-state index contributed by atoms with van der Waals surface area (Å²) in [5, 5.41) is 14.8. The van der Waals surface area contributed by atoms with Gasteiger partial charge in [-0.05, 0) is 31.0 Å². The third kappa shape index (κ3) is 3.80. The summed E-state index contributed by atoms with van der Waals surface area (Å²) in [7, 11) is 4.87. The predicted octanol–water partition coefficient (Wildman–Crippen LogP) is 0.210. The van der Waals surface area contributed by atoms with Crippen molar-refractivity contribution in [2.45, 2.75) is 19.9 Å². The Morgan fingerprint density at radius 2 is 1.93 bits per heavy atom. The number of carbonyl (C=O) groups is 1. The lowest BCUT2D eigenvalue weighted by atomic mass is 10.1. The highest BCUT2D eigenvalue weighted by molar-refractivity contribution is 5.77. The summed E-state index contributed by atoms with van der Waals surface area (Å²) < 4.78 is 13.1. The van der Waals surface area contributed by atoms with Gasteiger partial charge in [-0.25, -0.2) is 0 Å². The van der Waals surface area contributed by atoms with Gasteiger partial charge in [0, 0.05) is 13.6 Å². The summed E-state index contributed by atoms with van der Waals surface area (Å²) in [4.78, 5) is 24.6. The zero-order valence-corrected chi connectivity index (χ0v) is 16.2. The Hall–Kier alpha value is -3.43. The molecule has 3 rings (SSSR count). The fourth-order valence-electron chi connectivity index (χ4n) is 2.80. The zero-order valence-electron chi connectivity index (χ0n) is 16.2. The summed E-state index contributed by atoms with van der Waals surface area (Å²) in [6, 6.07) is 5.58. The van der Waals surface area contributed by atoms with E-state index in [0.717, 1.165) is 15.9 Å². The maximum atomic E-state index is 12.4. The van der Waals surface area contributed by atoms with Crippen LogP contribution in [0.1, 0.15) is 11.3 Å². The van der Waals surface area contributed by atoms with Crippen molar-refractivity contribution in [1.29, 1.82) is 0 Å². The van der Waals surface area contributed by atoms with Crippen LogP contribution in [-0.4, -0.2) is 51.4 Å². The number of carbonyl (C=O) groups excluding carboxylic acids is 1. The lowest BCUT2D eigenvalue weighted by Gasteiger charge is -2.10. The highest BCUT2D eigenvalue weighted by Gasteiger charge is 2.15. The van der Waals surface area contributed by atoms with Gasteiger partial charge in [0.15, 0.2) is 17.0 Å². The van der Waals surface area contributed by atoms with Crippen LogP contribution in [0.25, 0.3) is 11.0 Å². The van der Waals surface area contributed by atoms with Crippen molar-refractivity contribution >= 4 is 16.9 Å². The second-order valence-electron chi connectivity index (χ2n) is 6.25. The number of aryl methyl sites for hydroxylation is 2. The number of fused-ring (bicyclic) bond motifs is 1. The molecule has 0 saturated heterocycles. The number of rotatable bonds is 7. The minimum atomic E-state index is -0.441. The van der Waals surface area contributed by atoms with Crippen molar-refractivity contribution in [1.82, 2.24) is 30.1 Å². The molecule has 10 heteroatoms. The highest BCUT2D eigenvalue weighted by atomic mass is 16.5. The lowest BCUT2D eigenvalue weighted by Crippen LogP contribution is -2.35.